The fraction of sp³-hybridized carbons (Fsp3) is 0.364. The van der Waals surface area contributed by atoms with Gasteiger partial charge in [-0.15, -0.1) is 11.3 Å². The van der Waals surface area contributed by atoms with Gasteiger partial charge in [-0.1, -0.05) is 30.3 Å². The van der Waals surface area contributed by atoms with Crippen LogP contribution in [0.4, 0.5) is 0 Å². The van der Waals surface area contributed by atoms with Gasteiger partial charge in [0, 0.05) is 16.9 Å². The summed E-state index contributed by atoms with van der Waals surface area (Å²) in [6.07, 6.45) is 3.64. The van der Waals surface area contributed by atoms with Crippen molar-refractivity contribution in [3.05, 3.63) is 62.5 Å². The molecule has 150 valence electrons. The van der Waals surface area contributed by atoms with Gasteiger partial charge in [-0.3, -0.25) is 14.4 Å². The largest absolute Gasteiger partial charge is 0.454 e. The number of ether oxygens (including phenoxy) is 1. The van der Waals surface area contributed by atoms with Crippen LogP contribution in [0.2, 0.25) is 0 Å². The van der Waals surface area contributed by atoms with E-state index in [1.807, 2.05) is 6.07 Å². The lowest BCUT2D eigenvalue weighted by molar-refractivity contribution is -0.146. The third-order valence-corrected chi connectivity index (χ3v) is 6.36. The molecule has 0 saturated carbocycles. The van der Waals surface area contributed by atoms with Crippen molar-refractivity contribution in [2.24, 2.45) is 0 Å². The lowest BCUT2D eigenvalue weighted by Gasteiger charge is -2.12. The van der Waals surface area contributed by atoms with Crippen molar-refractivity contribution in [2.45, 2.75) is 51.6 Å². The summed E-state index contributed by atoms with van der Waals surface area (Å²) in [5, 5.41) is 0.707. The summed E-state index contributed by atoms with van der Waals surface area (Å²) in [6, 6.07) is 8.74. The Labute approximate surface area is 171 Å². The quantitative estimate of drug-likeness (QED) is 0.495. The predicted molar refractivity (Wildman–Crippen MR) is 112 cm³/mol. The highest BCUT2D eigenvalue weighted by Gasteiger charge is 2.21. The van der Waals surface area contributed by atoms with E-state index in [1.165, 1.54) is 4.88 Å². The van der Waals surface area contributed by atoms with Crippen molar-refractivity contribution in [1.29, 1.82) is 0 Å². The minimum atomic E-state index is -0.858. The van der Waals surface area contributed by atoms with Crippen molar-refractivity contribution in [3.63, 3.8) is 0 Å². The van der Waals surface area contributed by atoms with Gasteiger partial charge in [-0.05, 0) is 38.2 Å². The first-order valence-electron chi connectivity index (χ1n) is 9.85. The molecule has 1 aromatic carbocycles. The van der Waals surface area contributed by atoms with Crippen LogP contribution in [0.5, 0.6) is 0 Å². The van der Waals surface area contributed by atoms with Crippen LogP contribution in [0.3, 0.4) is 0 Å². The number of esters is 1. The van der Waals surface area contributed by atoms with Crippen LogP contribution in [0.1, 0.15) is 52.8 Å². The van der Waals surface area contributed by atoms with Crippen molar-refractivity contribution in [1.82, 2.24) is 9.97 Å². The van der Waals surface area contributed by atoms with Gasteiger partial charge in [0.05, 0.1) is 11.8 Å². The van der Waals surface area contributed by atoms with Crippen LogP contribution in [0, 0.1) is 0 Å². The molecule has 2 aromatic heterocycles. The maximum atomic E-state index is 12.6. The summed E-state index contributed by atoms with van der Waals surface area (Å²) in [6.45, 7) is 1.57. The van der Waals surface area contributed by atoms with E-state index in [1.54, 1.807) is 42.5 Å². The number of H-pyrrole nitrogens is 1. The number of hydrogen-bond acceptors (Lipinski definition) is 6. The first-order chi connectivity index (χ1) is 14.0. The highest BCUT2D eigenvalue weighted by Crippen LogP contribution is 2.33. The summed E-state index contributed by atoms with van der Waals surface area (Å²) >= 11 is 1.58. The van der Waals surface area contributed by atoms with Gasteiger partial charge < -0.3 is 9.72 Å². The van der Waals surface area contributed by atoms with Crippen molar-refractivity contribution in [3.8, 4) is 0 Å². The summed E-state index contributed by atoms with van der Waals surface area (Å²) in [5.41, 5.74) is 1.51. The SMILES string of the molecule is CC(OC(=O)CCc1nc2sc3c(c2c(=O)[nH]1)CCCC3)C(=O)c1ccccc1. The maximum absolute atomic E-state index is 12.6. The Bertz CT molecular complexity index is 1120. The molecule has 0 radical (unpaired) electrons. The summed E-state index contributed by atoms with van der Waals surface area (Å²) in [4.78, 5) is 46.4. The van der Waals surface area contributed by atoms with Gasteiger partial charge in [-0.2, -0.15) is 0 Å². The molecule has 6 nitrogen and oxygen atoms in total. The molecular formula is C22H22N2O4S. The zero-order valence-corrected chi connectivity index (χ0v) is 17.0. The number of carbonyl (C=O) groups is 2. The average molecular weight is 410 g/mol. The van der Waals surface area contributed by atoms with E-state index in [2.05, 4.69) is 9.97 Å². The number of aromatic nitrogens is 2. The second-order valence-corrected chi connectivity index (χ2v) is 8.35. The standard InChI is InChI=1S/C22H22N2O4S/c1-13(20(26)14-7-3-2-4-8-14)28-18(25)12-11-17-23-21(27)19-15-9-5-6-10-16(15)29-22(19)24-17/h2-4,7-8,13H,5-6,9-12H2,1H3,(H,23,24,27). The summed E-state index contributed by atoms with van der Waals surface area (Å²) in [5.74, 6) is -0.258. The molecule has 7 heteroatoms. The van der Waals surface area contributed by atoms with Crippen LogP contribution in [0.15, 0.2) is 35.1 Å². The van der Waals surface area contributed by atoms with E-state index in [4.69, 9.17) is 4.74 Å². The molecule has 0 bridgehead atoms. The Hall–Kier alpha value is -2.80. The summed E-state index contributed by atoms with van der Waals surface area (Å²) in [7, 11) is 0. The number of carbonyl (C=O) groups excluding carboxylic acids is 2. The number of thiophene rings is 1. The van der Waals surface area contributed by atoms with Crippen LogP contribution >= 0.6 is 11.3 Å². The molecule has 29 heavy (non-hydrogen) atoms. The number of Topliss-reactive ketones (excluding diaryl/α,β-unsaturated/α-hetero) is 1. The van der Waals surface area contributed by atoms with Crippen LogP contribution in [-0.2, 0) is 28.8 Å². The molecule has 1 unspecified atom stereocenters. The monoisotopic (exact) mass is 410 g/mol. The molecule has 1 aliphatic rings. The first kappa shape index (κ1) is 19.5. The van der Waals surface area contributed by atoms with Crippen molar-refractivity contribution in [2.75, 3.05) is 0 Å². The molecular weight excluding hydrogens is 388 g/mol. The average Bonchev–Trinajstić information content (AvgIpc) is 3.11. The fourth-order valence-electron chi connectivity index (χ4n) is 3.69. The zero-order chi connectivity index (χ0) is 20.4. The molecule has 0 aliphatic heterocycles. The molecule has 0 spiro atoms. The zero-order valence-electron chi connectivity index (χ0n) is 16.2. The minimum Gasteiger partial charge on any atom is -0.454 e. The summed E-state index contributed by atoms with van der Waals surface area (Å²) < 4.78 is 5.27. The number of fused-ring (bicyclic) bond motifs is 3. The fourth-order valence-corrected chi connectivity index (χ4v) is 4.97. The van der Waals surface area contributed by atoms with Gasteiger partial charge >= 0.3 is 5.97 Å². The molecule has 1 aliphatic carbocycles. The Morgan fingerprint density at radius 2 is 1.97 bits per heavy atom. The molecule has 4 rings (SSSR count). The van der Waals surface area contributed by atoms with E-state index < -0.39 is 12.1 Å². The van der Waals surface area contributed by atoms with Crippen LogP contribution in [-0.4, -0.2) is 27.8 Å². The molecule has 1 N–H and O–H groups in total. The smallest absolute Gasteiger partial charge is 0.306 e. The number of aryl methyl sites for hydroxylation is 3. The molecule has 3 aromatic rings. The second kappa shape index (κ2) is 8.29. The number of nitrogens with zero attached hydrogens (tertiary/aromatic N) is 1. The number of rotatable bonds is 6. The van der Waals surface area contributed by atoms with Gasteiger partial charge in [0.2, 0.25) is 5.78 Å². The second-order valence-electron chi connectivity index (χ2n) is 7.27. The molecule has 1 atom stereocenters. The van der Waals surface area contributed by atoms with Gasteiger partial charge in [0.1, 0.15) is 10.7 Å². The Morgan fingerprint density at radius 1 is 1.21 bits per heavy atom. The number of aromatic amines is 1. The third kappa shape index (κ3) is 4.15. The Kier molecular flexibility index (Phi) is 5.58. The highest BCUT2D eigenvalue weighted by molar-refractivity contribution is 7.18. The third-order valence-electron chi connectivity index (χ3n) is 5.18. The number of hydrogen-bond donors (Lipinski definition) is 1. The predicted octanol–water partition coefficient (Wildman–Crippen LogP) is 3.61. The number of benzene rings is 1. The van der Waals surface area contributed by atoms with Gasteiger partial charge in [-0.25, -0.2) is 4.98 Å². The lowest BCUT2D eigenvalue weighted by Crippen LogP contribution is -2.24. The van der Waals surface area contributed by atoms with E-state index in [0.29, 0.717) is 16.8 Å². The van der Waals surface area contributed by atoms with Gasteiger partial charge in [0.15, 0.2) is 6.10 Å². The van der Waals surface area contributed by atoms with E-state index in [-0.39, 0.29) is 24.2 Å². The highest BCUT2D eigenvalue weighted by atomic mass is 32.1. The minimum absolute atomic E-state index is 0.0476. The van der Waals surface area contributed by atoms with E-state index in [0.717, 1.165) is 36.1 Å². The number of ketones is 1. The maximum Gasteiger partial charge on any atom is 0.306 e. The van der Waals surface area contributed by atoms with E-state index >= 15 is 0 Å². The normalized spacial score (nSPS) is 14.4. The topological polar surface area (TPSA) is 89.1 Å². The van der Waals surface area contributed by atoms with Crippen molar-refractivity contribution < 1.29 is 14.3 Å². The van der Waals surface area contributed by atoms with Crippen molar-refractivity contribution >= 4 is 33.3 Å². The van der Waals surface area contributed by atoms with Crippen LogP contribution in [0.25, 0.3) is 10.2 Å². The Balaban J connectivity index is 1.41. The molecule has 0 amide bonds. The molecule has 0 fully saturated rings. The Morgan fingerprint density at radius 3 is 2.76 bits per heavy atom. The van der Waals surface area contributed by atoms with E-state index in [9.17, 15) is 14.4 Å². The molecule has 2 heterocycles. The molecule has 0 saturated heterocycles. The first-order valence-corrected chi connectivity index (χ1v) is 10.7. The lowest BCUT2D eigenvalue weighted by atomic mass is 9.97. The number of nitrogens with one attached hydrogen (secondary N) is 1. The van der Waals surface area contributed by atoms with Gasteiger partial charge in [0.25, 0.3) is 5.56 Å². The van der Waals surface area contributed by atoms with Crippen LogP contribution < -0.4 is 5.56 Å².